The molecule has 0 aliphatic heterocycles. The second-order valence-corrected chi connectivity index (χ2v) is 12.3. The third-order valence-electron chi connectivity index (χ3n) is 6.82. The minimum atomic E-state index is -4.45. The normalized spacial score (nSPS) is 11.6. The summed E-state index contributed by atoms with van der Waals surface area (Å²) in [5.74, 6) is -3.73. The van der Waals surface area contributed by atoms with Crippen LogP contribution in [0, 0.1) is 0 Å². The van der Waals surface area contributed by atoms with E-state index in [1.807, 2.05) is 0 Å². The van der Waals surface area contributed by atoms with Gasteiger partial charge in [0.2, 0.25) is 0 Å². The van der Waals surface area contributed by atoms with E-state index in [2.05, 4.69) is 25.3 Å². The van der Waals surface area contributed by atoms with Crippen molar-refractivity contribution in [3.05, 3.63) is 83.4 Å². The number of aromatic nitrogens is 4. The molecule has 52 heavy (non-hydrogen) atoms. The topological polar surface area (TPSA) is 185 Å². The molecule has 4 N–H and O–H groups in total. The number of nitrogens with zero attached hydrogens (tertiary/aromatic N) is 4. The molecule has 0 aliphatic carbocycles. The summed E-state index contributed by atoms with van der Waals surface area (Å²) in [5.41, 5.74) is -0.691. The lowest BCUT2D eigenvalue weighted by molar-refractivity contribution is -0.138. The molecule has 0 unspecified atom stereocenters. The third kappa shape index (κ3) is 8.18. The zero-order valence-electron chi connectivity index (χ0n) is 26.0. The number of hydrogen-bond donors (Lipinski definition) is 4. The van der Waals surface area contributed by atoms with Crippen molar-refractivity contribution in [2.24, 2.45) is 0 Å². The fourth-order valence-corrected chi connectivity index (χ4v) is 6.35. The molecule has 0 atom stereocenters. The summed E-state index contributed by atoms with van der Waals surface area (Å²) in [6.45, 7) is 1.12. The van der Waals surface area contributed by atoms with Crippen LogP contribution in [0.15, 0.2) is 60.9 Å². The quantitative estimate of drug-likeness (QED) is 0.0955. The SMILES string of the molecule is CCOC(=O)c1ncc2nc(-c3ccc(C(F)(F)F)cc3)sc2c1O.O=C(O)CNC(=O)c1ncc2nc(-c3ccc(C(F)(F)F)cc3)sc2c1O. The maximum absolute atomic E-state index is 12.6. The standard InChI is InChI=1S/C16H10F3N3O4S.C16H11F3N2O3S/c17-16(18,19)8-3-1-7(2-4-8)15-22-9-5-20-11(12(25)13(9)27-15)14(26)21-6-10(23)24;1-2-24-15(23)11-12(22)13-10(7-20-11)21-14(25-13)8-3-5-9(6-4-8)16(17,18)19/h1-5,25H,6H2,(H,21,26)(H,23,24);3-7,22H,2H2,1H3. The van der Waals surface area contributed by atoms with Crippen LogP contribution in [0.1, 0.15) is 39.0 Å². The molecule has 12 nitrogen and oxygen atoms in total. The molecule has 0 saturated heterocycles. The lowest BCUT2D eigenvalue weighted by Crippen LogP contribution is -2.29. The Morgan fingerprint density at radius 2 is 1.15 bits per heavy atom. The van der Waals surface area contributed by atoms with E-state index in [1.54, 1.807) is 6.92 Å². The zero-order valence-corrected chi connectivity index (χ0v) is 27.7. The second kappa shape index (κ2) is 14.8. The number of aliphatic carboxylic acids is 1. The number of benzene rings is 2. The second-order valence-electron chi connectivity index (χ2n) is 10.3. The Morgan fingerprint density at radius 3 is 1.56 bits per heavy atom. The van der Waals surface area contributed by atoms with Crippen LogP contribution in [-0.2, 0) is 21.9 Å². The maximum Gasteiger partial charge on any atom is 0.416 e. The van der Waals surface area contributed by atoms with Gasteiger partial charge in [-0.1, -0.05) is 24.3 Å². The Bertz CT molecular complexity index is 2290. The minimum absolute atomic E-state index is 0.136. The minimum Gasteiger partial charge on any atom is -0.504 e. The lowest BCUT2D eigenvalue weighted by Gasteiger charge is -2.06. The van der Waals surface area contributed by atoms with Gasteiger partial charge in [0.25, 0.3) is 5.91 Å². The van der Waals surface area contributed by atoms with Gasteiger partial charge in [-0.2, -0.15) is 26.3 Å². The summed E-state index contributed by atoms with van der Waals surface area (Å²) < 4.78 is 81.2. The van der Waals surface area contributed by atoms with Crippen LogP contribution in [0.5, 0.6) is 11.5 Å². The summed E-state index contributed by atoms with van der Waals surface area (Å²) in [5, 5.41) is 31.9. The molecule has 0 saturated carbocycles. The van der Waals surface area contributed by atoms with Crippen LogP contribution in [0.2, 0.25) is 0 Å². The van der Waals surface area contributed by atoms with Gasteiger partial charge in [0.15, 0.2) is 22.9 Å². The van der Waals surface area contributed by atoms with E-state index < -0.39 is 53.6 Å². The Labute approximate surface area is 295 Å². The Hall–Kier alpha value is -5.89. The highest BCUT2D eigenvalue weighted by Crippen LogP contribution is 2.39. The molecule has 1 amide bonds. The monoisotopic (exact) mass is 765 g/mol. The zero-order chi connectivity index (χ0) is 38.0. The van der Waals surface area contributed by atoms with Crippen molar-refractivity contribution in [2.45, 2.75) is 19.3 Å². The molecule has 0 aliphatic rings. The van der Waals surface area contributed by atoms with Crippen LogP contribution in [-0.4, -0.2) is 66.3 Å². The average Bonchev–Trinajstić information content (AvgIpc) is 3.74. The third-order valence-corrected chi connectivity index (χ3v) is 9.07. The first-order valence-electron chi connectivity index (χ1n) is 14.5. The number of carboxylic acids is 1. The van der Waals surface area contributed by atoms with Gasteiger partial charge in [0, 0.05) is 11.1 Å². The van der Waals surface area contributed by atoms with Crippen molar-refractivity contribution < 1.29 is 60.8 Å². The molecular formula is C32H21F6N5O7S2. The number of thiazole rings is 2. The Morgan fingerprint density at radius 1 is 0.731 bits per heavy atom. The van der Waals surface area contributed by atoms with Gasteiger partial charge in [0.1, 0.15) is 37.0 Å². The maximum atomic E-state index is 12.6. The molecule has 0 radical (unpaired) electrons. The lowest BCUT2D eigenvalue weighted by atomic mass is 10.1. The molecular weight excluding hydrogens is 745 g/mol. The van der Waals surface area contributed by atoms with E-state index in [0.717, 1.165) is 46.9 Å². The van der Waals surface area contributed by atoms with Crippen molar-refractivity contribution in [1.82, 2.24) is 25.3 Å². The summed E-state index contributed by atoms with van der Waals surface area (Å²) >= 11 is 2.02. The van der Waals surface area contributed by atoms with Gasteiger partial charge < -0.3 is 25.4 Å². The van der Waals surface area contributed by atoms with Gasteiger partial charge in [0.05, 0.1) is 30.1 Å². The number of halogens is 6. The summed E-state index contributed by atoms with van der Waals surface area (Å²) in [6, 6.07) is 8.88. The number of fused-ring (bicyclic) bond motifs is 2. The van der Waals surface area contributed by atoms with Crippen molar-refractivity contribution in [2.75, 3.05) is 13.2 Å². The predicted molar refractivity (Wildman–Crippen MR) is 175 cm³/mol. The molecule has 0 fully saturated rings. The predicted octanol–water partition coefficient (Wildman–Crippen LogP) is 7.16. The van der Waals surface area contributed by atoms with E-state index in [0.29, 0.717) is 31.4 Å². The molecule has 4 heterocycles. The summed E-state index contributed by atoms with van der Waals surface area (Å²) in [4.78, 5) is 50.2. The van der Waals surface area contributed by atoms with E-state index in [1.165, 1.54) is 36.7 Å². The first kappa shape index (κ1) is 37.4. The van der Waals surface area contributed by atoms with Crippen LogP contribution >= 0.6 is 22.7 Å². The van der Waals surface area contributed by atoms with Crippen molar-refractivity contribution >= 4 is 61.0 Å². The van der Waals surface area contributed by atoms with E-state index in [4.69, 9.17) is 9.84 Å². The fraction of sp³-hybridized carbons (Fsp3) is 0.156. The van der Waals surface area contributed by atoms with Crippen molar-refractivity contribution in [3.63, 3.8) is 0 Å². The number of carboxylic acid groups (broad SMARTS) is 1. The first-order valence-corrected chi connectivity index (χ1v) is 16.1. The number of carbonyl (C=O) groups is 3. The number of hydrogen-bond acceptors (Lipinski definition) is 12. The highest BCUT2D eigenvalue weighted by Gasteiger charge is 2.31. The van der Waals surface area contributed by atoms with E-state index in [9.17, 15) is 50.9 Å². The number of rotatable bonds is 7. The number of nitrogens with one attached hydrogen (secondary N) is 1. The number of amides is 1. The van der Waals surface area contributed by atoms with Gasteiger partial charge >= 0.3 is 24.3 Å². The van der Waals surface area contributed by atoms with E-state index in [-0.39, 0.29) is 34.0 Å². The first-order chi connectivity index (χ1) is 24.5. The number of aromatic hydroxyl groups is 2. The van der Waals surface area contributed by atoms with Crippen molar-refractivity contribution in [3.8, 4) is 32.6 Å². The molecule has 6 rings (SSSR count). The molecule has 0 bridgehead atoms. The smallest absolute Gasteiger partial charge is 0.416 e. The van der Waals surface area contributed by atoms with Crippen LogP contribution in [0.3, 0.4) is 0 Å². The van der Waals surface area contributed by atoms with Gasteiger partial charge in [-0.25, -0.2) is 24.7 Å². The fourth-order valence-electron chi connectivity index (χ4n) is 4.37. The number of carbonyl (C=O) groups excluding carboxylic acids is 2. The largest absolute Gasteiger partial charge is 0.504 e. The number of esters is 1. The number of ether oxygens (including phenoxy) is 1. The molecule has 2 aromatic carbocycles. The van der Waals surface area contributed by atoms with E-state index >= 15 is 0 Å². The van der Waals surface area contributed by atoms with Gasteiger partial charge in [-0.05, 0) is 31.2 Å². The van der Waals surface area contributed by atoms with Crippen LogP contribution in [0.25, 0.3) is 41.6 Å². The highest BCUT2D eigenvalue weighted by molar-refractivity contribution is 7.22. The van der Waals surface area contributed by atoms with Gasteiger partial charge in [-0.3, -0.25) is 9.59 Å². The van der Waals surface area contributed by atoms with Crippen LogP contribution in [0.4, 0.5) is 26.3 Å². The van der Waals surface area contributed by atoms with Gasteiger partial charge in [-0.15, -0.1) is 22.7 Å². The molecule has 6 aromatic rings. The summed E-state index contributed by atoms with van der Waals surface area (Å²) in [7, 11) is 0. The average molecular weight is 766 g/mol. The molecule has 4 aromatic heterocycles. The Balaban J connectivity index is 0.000000202. The number of pyridine rings is 2. The molecule has 0 spiro atoms. The molecule has 270 valence electrons. The summed E-state index contributed by atoms with van der Waals surface area (Å²) in [6.07, 6.45) is -6.34. The van der Waals surface area contributed by atoms with Crippen molar-refractivity contribution in [1.29, 1.82) is 0 Å². The highest BCUT2D eigenvalue weighted by atomic mass is 32.1. The van der Waals surface area contributed by atoms with Crippen LogP contribution < -0.4 is 5.32 Å². The number of alkyl halides is 6. The Kier molecular flexibility index (Phi) is 10.6. The molecule has 20 heteroatoms.